The molecule has 4 aromatic rings. The number of rotatable bonds is 4. The van der Waals surface area contributed by atoms with Gasteiger partial charge in [-0.1, -0.05) is 18.2 Å². The van der Waals surface area contributed by atoms with Crippen molar-refractivity contribution in [2.24, 2.45) is 0 Å². The summed E-state index contributed by atoms with van der Waals surface area (Å²) in [6, 6.07) is 12.1. The monoisotopic (exact) mass is 412 g/mol. The van der Waals surface area contributed by atoms with Crippen LogP contribution >= 0.6 is 0 Å². The molecule has 7 nitrogen and oxygen atoms in total. The predicted octanol–water partition coefficient (Wildman–Crippen LogP) is 4.14. The molecule has 0 atom stereocenters. The van der Waals surface area contributed by atoms with Gasteiger partial charge in [0.2, 0.25) is 11.8 Å². The highest BCUT2D eigenvalue weighted by molar-refractivity contribution is 5.95. The number of anilines is 2. The standard InChI is InChI=1S/C24H24N6O/c1-15-21(12-17-14-30(2)11-9-20(17)27-15)28-24-26-13-16-6-4-7-18(22(16)29-24)19-8-5-10-25-23(19)31-3/h4-8,10,12-13H,9,11,14H2,1-3H3,(H,26,28,29). The number of nitrogens with zero attached hydrogens (tertiary/aromatic N) is 5. The van der Waals surface area contributed by atoms with E-state index >= 15 is 0 Å². The van der Waals surface area contributed by atoms with Crippen LogP contribution in [0.2, 0.25) is 0 Å². The molecule has 0 radical (unpaired) electrons. The number of hydrogen-bond acceptors (Lipinski definition) is 7. The Morgan fingerprint density at radius 2 is 1.94 bits per heavy atom. The summed E-state index contributed by atoms with van der Waals surface area (Å²) in [6.45, 7) is 3.97. The lowest BCUT2D eigenvalue weighted by atomic mass is 10.0. The molecule has 0 aliphatic carbocycles. The van der Waals surface area contributed by atoms with Crippen LogP contribution in [-0.4, -0.2) is 45.5 Å². The minimum Gasteiger partial charge on any atom is -0.481 e. The van der Waals surface area contributed by atoms with Crippen LogP contribution in [0.25, 0.3) is 22.0 Å². The maximum atomic E-state index is 5.47. The SMILES string of the molecule is COc1ncccc1-c1cccc2cnc(Nc3cc4c(nc3C)CCN(C)C4)nc12. The zero-order valence-corrected chi connectivity index (χ0v) is 17.9. The van der Waals surface area contributed by atoms with Crippen LogP contribution in [0.15, 0.2) is 48.8 Å². The average molecular weight is 412 g/mol. The lowest BCUT2D eigenvalue weighted by Crippen LogP contribution is -2.27. The van der Waals surface area contributed by atoms with Crippen LogP contribution in [0.1, 0.15) is 17.0 Å². The summed E-state index contributed by atoms with van der Waals surface area (Å²) >= 11 is 0. The third kappa shape index (κ3) is 3.68. The van der Waals surface area contributed by atoms with E-state index in [1.807, 2.05) is 43.5 Å². The molecule has 0 saturated heterocycles. The van der Waals surface area contributed by atoms with E-state index in [1.54, 1.807) is 13.3 Å². The van der Waals surface area contributed by atoms with Gasteiger partial charge in [-0.15, -0.1) is 0 Å². The van der Waals surface area contributed by atoms with E-state index in [1.165, 1.54) is 11.3 Å². The maximum absolute atomic E-state index is 5.47. The molecule has 0 amide bonds. The van der Waals surface area contributed by atoms with E-state index in [0.717, 1.165) is 52.9 Å². The van der Waals surface area contributed by atoms with Crippen molar-refractivity contribution in [2.75, 3.05) is 26.0 Å². The molecule has 5 rings (SSSR count). The van der Waals surface area contributed by atoms with Gasteiger partial charge in [-0.05, 0) is 37.7 Å². The van der Waals surface area contributed by atoms with Gasteiger partial charge in [0.15, 0.2) is 0 Å². The Kier molecular flexibility index (Phi) is 4.95. The third-order valence-corrected chi connectivity index (χ3v) is 5.66. The second kappa shape index (κ2) is 7.92. The first-order chi connectivity index (χ1) is 15.1. The van der Waals surface area contributed by atoms with Gasteiger partial charge in [0, 0.05) is 54.1 Å². The number of benzene rings is 1. The van der Waals surface area contributed by atoms with E-state index in [2.05, 4.69) is 33.3 Å². The van der Waals surface area contributed by atoms with Crippen molar-refractivity contribution < 1.29 is 4.74 Å². The number of aromatic nitrogens is 4. The van der Waals surface area contributed by atoms with Crippen molar-refractivity contribution in [3.63, 3.8) is 0 Å². The number of likely N-dealkylation sites (N-methyl/N-ethyl adjacent to an activating group) is 1. The normalized spacial score (nSPS) is 13.8. The van der Waals surface area contributed by atoms with Crippen LogP contribution in [0.5, 0.6) is 5.88 Å². The zero-order valence-electron chi connectivity index (χ0n) is 17.9. The van der Waals surface area contributed by atoms with Gasteiger partial charge in [-0.3, -0.25) is 4.98 Å². The lowest BCUT2D eigenvalue weighted by Gasteiger charge is -2.25. The molecule has 1 aliphatic rings. The van der Waals surface area contributed by atoms with Crippen LogP contribution in [0.4, 0.5) is 11.6 Å². The smallest absolute Gasteiger partial charge is 0.227 e. The second-order valence-electron chi connectivity index (χ2n) is 7.84. The molecule has 1 N–H and O–H groups in total. The fourth-order valence-corrected chi connectivity index (χ4v) is 4.06. The molecule has 156 valence electrons. The summed E-state index contributed by atoms with van der Waals surface area (Å²) in [7, 11) is 3.76. The summed E-state index contributed by atoms with van der Waals surface area (Å²) in [5, 5.41) is 4.34. The maximum Gasteiger partial charge on any atom is 0.227 e. The van der Waals surface area contributed by atoms with Crippen molar-refractivity contribution in [3.8, 4) is 17.0 Å². The van der Waals surface area contributed by atoms with Crippen LogP contribution in [0, 0.1) is 6.92 Å². The lowest BCUT2D eigenvalue weighted by molar-refractivity contribution is 0.310. The van der Waals surface area contributed by atoms with Crippen molar-refractivity contribution in [2.45, 2.75) is 19.9 Å². The van der Waals surface area contributed by atoms with Crippen molar-refractivity contribution >= 4 is 22.5 Å². The number of ether oxygens (including phenoxy) is 1. The van der Waals surface area contributed by atoms with Gasteiger partial charge in [0.25, 0.3) is 0 Å². The number of para-hydroxylation sites is 1. The summed E-state index contributed by atoms with van der Waals surface area (Å²) in [5.41, 5.74) is 7.02. The number of aryl methyl sites for hydroxylation is 1. The van der Waals surface area contributed by atoms with Crippen molar-refractivity contribution in [1.29, 1.82) is 0 Å². The Morgan fingerprint density at radius 1 is 1.06 bits per heavy atom. The van der Waals surface area contributed by atoms with Crippen LogP contribution < -0.4 is 10.1 Å². The quantitative estimate of drug-likeness (QED) is 0.540. The molecule has 0 bridgehead atoms. The number of fused-ring (bicyclic) bond motifs is 2. The average Bonchev–Trinajstić information content (AvgIpc) is 2.79. The van der Waals surface area contributed by atoms with Gasteiger partial charge in [-0.25, -0.2) is 15.0 Å². The highest BCUT2D eigenvalue weighted by Crippen LogP contribution is 2.33. The number of hydrogen-bond donors (Lipinski definition) is 1. The van der Waals surface area contributed by atoms with E-state index in [0.29, 0.717) is 11.8 Å². The molecule has 0 fully saturated rings. The molecule has 1 aliphatic heterocycles. The summed E-state index contributed by atoms with van der Waals surface area (Å²) in [6.07, 6.45) is 4.54. The Hall–Kier alpha value is -3.58. The number of nitrogens with one attached hydrogen (secondary N) is 1. The molecule has 1 aromatic carbocycles. The first-order valence-corrected chi connectivity index (χ1v) is 10.3. The summed E-state index contributed by atoms with van der Waals surface area (Å²) < 4.78 is 5.47. The minimum atomic E-state index is 0.539. The largest absolute Gasteiger partial charge is 0.481 e. The molecule has 4 heterocycles. The first-order valence-electron chi connectivity index (χ1n) is 10.3. The first kappa shape index (κ1) is 19.4. The fourth-order valence-electron chi connectivity index (χ4n) is 4.06. The van der Waals surface area contributed by atoms with Gasteiger partial charge < -0.3 is 15.0 Å². The van der Waals surface area contributed by atoms with E-state index < -0.39 is 0 Å². The van der Waals surface area contributed by atoms with Gasteiger partial charge in [0.05, 0.1) is 24.0 Å². The van der Waals surface area contributed by atoms with E-state index in [4.69, 9.17) is 14.7 Å². The van der Waals surface area contributed by atoms with E-state index in [9.17, 15) is 0 Å². The molecule has 0 spiro atoms. The zero-order chi connectivity index (χ0) is 21.4. The highest BCUT2D eigenvalue weighted by atomic mass is 16.5. The Bertz CT molecular complexity index is 1270. The van der Waals surface area contributed by atoms with E-state index in [-0.39, 0.29) is 0 Å². The number of pyridine rings is 2. The van der Waals surface area contributed by atoms with Crippen LogP contribution in [-0.2, 0) is 13.0 Å². The summed E-state index contributed by atoms with van der Waals surface area (Å²) in [5.74, 6) is 1.11. The van der Waals surface area contributed by atoms with Gasteiger partial charge >= 0.3 is 0 Å². The Balaban J connectivity index is 1.56. The van der Waals surface area contributed by atoms with Gasteiger partial charge in [-0.2, -0.15) is 0 Å². The Morgan fingerprint density at radius 3 is 2.81 bits per heavy atom. The second-order valence-corrected chi connectivity index (χ2v) is 7.84. The Labute approximate surface area is 181 Å². The van der Waals surface area contributed by atoms with Crippen molar-refractivity contribution in [3.05, 3.63) is 65.7 Å². The number of methoxy groups -OCH3 is 1. The minimum absolute atomic E-state index is 0.539. The van der Waals surface area contributed by atoms with Crippen molar-refractivity contribution in [1.82, 2.24) is 24.8 Å². The van der Waals surface area contributed by atoms with Crippen LogP contribution in [0.3, 0.4) is 0 Å². The molecule has 3 aromatic heterocycles. The molecule has 31 heavy (non-hydrogen) atoms. The summed E-state index contributed by atoms with van der Waals surface area (Å²) in [4.78, 5) is 20.9. The molecule has 7 heteroatoms. The molecule has 0 unspecified atom stereocenters. The third-order valence-electron chi connectivity index (χ3n) is 5.66. The highest BCUT2D eigenvalue weighted by Gasteiger charge is 2.17. The fraction of sp³-hybridized carbons (Fsp3) is 0.250. The predicted molar refractivity (Wildman–Crippen MR) is 122 cm³/mol. The molecular weight excluding hydrogens is 388 g/mol. The molecular formula is C24H24N6O. The molecule has 0 saturated carbocycles. The topological polar surface area (TPSA) is 76.1 Å². The van der Waals surface area contributed by atoms with Gasteiger partial charge in [0.1, 0.15) is 0 Å².